The molecule has 1 N–H and O–H groups in total. The molecule has 8 nitrogen and oxygen atoms in total. The molecule has 146 valence electrons. The van der Waals surface area contributed by atoms with Gasteiger partial charge >= 0.3 is 0 Å². The molecule has 0 saturated heterocycles. The van der Waals surface area contributed by atoms with Crippen LogP contribution in [0.5, 0.6) is 11.5 Å². The first-order valence-electron chi connectivity index (χ1n) is 8.81. The van der Waals surface area contributed by atoms with Crippen molar-refractivity contribution in [3.63, 3.8) is 0 Å². The number of ether oxygens (including phenoxy) is 3. The van der Waals surface area contributed by atoms with Crippen molar-refractivity contribution in [1.29, 1.82) is 0 Å². The minimum atomic E-state index is -0.637. The van der Waals surface area contributed by atoms with Gasteiger partial charge in [0.1, 0.15) is 0 Å². The molecule has 1 aliphatic rings. The first kappa shape index (κ1) is 18.7. The number of aromatic nitrogens is 4. The van der Waals surface area contributed by atoms with E-state index in [-0.39, 0.29) is 13.4 Å². The van der Waals surface area contributed by atoms with Gasteiger partial charge in [0.05, 0.1) is 25.0 Å². The van der Waals surface area contributed by atoms with Crippen LogP contribution >= 0.6 is 11.8 Å². The maximum atomic E-state index is 10.2. The lowest BCUT2D eigenvalue weighted by atomic mass is 10.2. The van der Waals surface area contributed by atoms with Gasteiger partial charge in [-0.25, -0.2) is 0 Å². The summed E-state index contributed by atoms with van der Waals surface area (Å²) in [5.41, 5.74) is 3.01. The number of hydrogen-bond acceptors (Lipinski definition) is 8. The molecule has 2 aromatic carbocycles. The van der Waals surface area contributed by atoms with Crippen LogP contribution < -0.4 is 9.47 Å². The molecule has 2 heterocycles. The molecule has 28 heavy (non-hydrogen) atoms. The zero-order chi connectivity index (χ0) is 19.3. The predicted octanol–water partition coefficient (Wildman–Crippen LogP) is 2.37. The first-order valence-corrected chi connectivity index (χ1v) is 9.80. The second kappa shape index (κ2) is 8.59. The van der Waals surface area contributed by atoms with E-state index < -0.39 is 6.10 Å². The maximum absolute atomic E-state index is 10.2. The van der Waals surface area contributed by atoms with Crippen LogP contribution in [0.1, 0.15) is 11.1 Å². The van der Waals surface area contributed by atoms with Gasteiger partial charge in [-0.05, 0) is 47.2 Å². The number of benzene rings is 2. The summed E-state index contributed by atoms with van der Waals surface area (Å²) in [6, 6.07) is 13.6. The van der Waals surface area contributed by atoms with Crippen molar-refractivity contribution in [2.75, 3.05) is 19.2 Å². The zero-order valence-corrected chi connectivity index (χ0v) is 16.1. The topological polar surface area (TPSA) is 91.5 Å². The summed E-state index contributed by atoms with van der Waals surface area (Å²) in [7, 11) is 0. The predicted molar refractivity (Wildman–Crippen MR) is 103 cm³/mol. The highest BCUT2D eigenvalue weighted by Crippen LogP contribution is 2.32. The Bertz CT molecular complexity index is 932. The van der Waals surface area contributed by atoms with E-state index in [0.29, 0.717) is 17.5 Å². The summed E-state index contributed by atoms with van der Waals surface area (Å²) >= 11 is 1.38. The number of aliphatic hydroxyl groups excluding tert-OH is 1. The fraction of sp³-hybridized carbons (Fsp3) is 0.316. The van der Waals surface area contributed by atoms with Crippen LogP contribution in [-0.4, -0.2) is 50.6 Å². The van der Waals surface area contributed by atoms with Crippen LogP contribution in [0.4, 0.5) is 0 Å². The van der Waals surface area contributed by atoms with Gasteiger partial charge in [0.15, 0.2) is 11.5 Å². The molecule has 0 spiro atoms. The summed E-state index contributed by atoms with van der Waals surface area (Å²) in [5.74, 6) is 1.89. The zero-order valence-electron chi connectivity index (χ0n) is 15.3. The number of aliphatic hydroxyl groups is 1. The van der Waals surface area contributed by atoms with E-state index in [2.05, 4.69) is 15.5 Å². The summed E-state index contributed by atoms with van der Waals surface area (Å²) < 4.78 is 17.9. The van der Waals surface area contributed by atoms with E-state index in [1.165, 1.54) is 17.3 Å². The highest BCUT2D eigenvalue weighted by atomic mass is 32.2. The average molecular weight is 400 g/mol. The summed E-state index contributed by atoms with van der Waals surface area (Å²) in [4.78, 5) is 0. The van der Waals surface area contributed by atoms with Gasteiger partial charge in [-0.2, -0.15) is 4.68 Å². The van der Waals surface area contributed by atoms with Gasteiger partial charge in [0.25, 0.3) is 0 Å². The Hall–Kier alpha value is -2.62. The van der Waals surface area contributed by atoms with Gasteiger partial charge in [-0.1, -0.05) is 35.5 Å². The summed E-state index contributed by atoms with van der Waals surface area (Å²) in [6.07, 6.45) is -0.637. The van der Waals surface area contributed by atoms with Gasteiger partial charge in [0, 0.05) is 5.75 Å². The SMILES string of the molecule is Cc1ccc(-n2nnnc2SC[C@@H](O)COCc2ccc3c(c2)OCO3)cc1. The van der Waals surface area contributed by atoms with Gasteiger partial charge < -0.3 is 19.3 Å². The summed E-state index contributed by atoms with van der Waals surface area (Å²) in [6.45, 7) is 2.88. The van der Waals surface area contributed by atoms with Crippen LogP contribution in [-0.2, 0) is 11.3 Å². The van der Waals surface area contributed by atoms with Crippen molar-refractivity contribution in [2.24, 2.45) is 0 Å². The Morgan fingerprint density at radius 3 is 2.86 bits per heavy atom. The third-order valence-corrected chi connectivity index (χ3v) is 5.20. The number of fused-ring (bicyclic) bond motifs is 1. The number of thioether (sulfide) groups is 1. The lowest BCUT2D eigenvalue weighted by Gasteiger charge is -2.11. The average Bonchev–Trinajstić information content (AvgIpc) is 3.36. The third kappa shape index (κ3) is 4.44. The van der Waals surface area contributed by atoms with E-state index in [0.717, 1.165) is 22.7 Å². The van der Waals surface area contributed by atoms with Crippen LogP contribution in [0, 0.1) is 6.92 Å². The number of tetrazole rings is 1. The van der Waals surface area contributed by atoms with Crippen molar-refractivity contribution >= 4 is 11.8 Å². The first-order chi connectivity index (χ1) is 13.7. The molecule has 3 aromatic rings. The third-order valence-electron chi connectivity index (χ3n) is 4.14. The Morgan fingerprint density at radius 1 is 1.18 bits per heavy atom. The monoisotopic (exact) mass is 400 g/mol. The smallest absolute Gasteiger partial charge is 0.231 e. The largest absolute Gasteiger partial charge is 0.454 e. The molecule has 4 rings (SSSR count). The molecule has 0 saturated carbocycles. The molecular weight excluding hydrogens is 380 g/mol. The Labute approximate surface area is 166 Å². The fourth-order valence-electron chi connectivity index (χ4n) is 2.68. The van der Waals surface area contributed by atoms with Gasteiger partial charge in [-0.15, -0.1) is 5.10 Å². The molecule has 0 bridgehead atoms. The Kier molecular flexibility index (Phi) is 5.75. The lowest BCUT2D eigenvalue weighted by molar-refractivity contribution is 0.0397. The highest BCUT2D eigenvalue weighted by Gasteiger charge is 2.15. The fourth-order valence-corrected chi connectivity index (χ4v) is 3.48. The Balaban J connectivity index is 1.25. The molecule has 1 atom stereocenters. The van der Waals surface area contributed by atoms with Gasteiger partial charge in [-0.3, -0.25) is 0 Å². The van der Waals surface area contributed by atoms with Crippen molar-refractivity contribution in [2.45, 2.75) is 24.8 Å². The highest BCUT2D eigenvalue weighted by molar-refractivity contribution is 7.99. The number of rotatable bonds is 8. The van der Waals surface area contributed by atoms with Crippen LogP contribution in [0.25, 0.3) is 5.69 Å². The van der Waals surface area contributed by atoms with E-state index in [1.54, 1.807) is 4.68 Å². The number of nitrogens with zero attached hydrogens (tertiary/aromatic N) is 4. The normalized spacial score (nSPS) is 13.6. The van der Waals surface area contributed by atoms with Crippen LogP contribution in [0.2, 0.25) is 0 Å². The van der Waals surface area contributed by atoms with Crippen LogP contribution in [0.3, 0.4) is 0 Å². The van der Waals surface area contributed by atoms with Crippen molar-refractivity contribution < 1.29 is 19.3 Å². The molecule has 1 aliphatic heterocycles. The maximum Gasteiger partial charge on any atom is 0.231 e. The van der Waals surface area contributed by atoms with E-state index in [1.807, 2.05) is 49.4 Å². The van der Waals surface area contributed by atoms with E-state index in [9.17, 15) is 5.11 Å². The molecule has 0 aliphatic carbocycles. The second-order valence-corrected chi connectivity index (χ2v) is 7.36. The minimum Gasteiger partial charge on any atom is -0.454 e. The molecule has 0 unspecified atom stereocenters. The molecular formula is C19H20N4O4S. The Morgan fingerprint density at radius 2 is 2.00 bits per heavy atom. The molecule has 0 fully saturated rings. The molecule has 0 amide bonds. The minimum absolute atomic E-state index is 0.216. The quantitative estimate of drug-likeness (QED) is 0.576. The van der Waals surface area contributed by atoms with Crippen molar-refractivity contribution in [3.05, 3.63) is 53.6 Å². The molecule has 1 aromatic heterocycles. The van der Waals surface area contributed by atoms with Crippen molar-refractivity contribution in [3.8, 4) is 17.2 Å². The summed E-state index contributed by atoms with van der Waals surface area (Å²) in [5, 5.41) is 22.6. The number of hydrogen-bond donors (Lipinski definition) is 1. The van der Waals surface area contributed by atoms with E-state index >= 15 is 0 Å². The van der Waals surface area contributed by atoms with Crippen molar-refractivity contribution in [1.82, 2.24) is 20.2 Å². The lowest BCUT2D eigenvalue weighted by Crippen LogP contribution is -2.18. The van der Waals surface area contributed by atoms with E-state index in [4.69, 9.17) is 14.2 Å². The molecule has 9 heteroatoms. The van der Waals surface area contributed by atoms with Gasteiger partial charge in [0.2, 0.25) is 11.9 Å². The number of aryl methyl sites for hydroxylation is 1. The standard InChI is InChI=1S/C19H20N4O4S/c1-13-2-5-15(6-3-13)23-19(20-21-22-23)28-11-16(24)10-25-9-14-4-7-17-18(8-14)27-12-26-17/h2-8,16,24H,9-12H2,1H3/t16-/m0/s1. The molecule has 0 radical (unpaired) electrons. The van der Waals surface area contributed by atoms with Crippen LogP contribution in [0.15, 0.2) is 47.6 Å². The second-order valence-electron chi connectivity index (χ2n) is 6.38.